The van der Waals surface area contributed by atoms with Crippen LogP contribution in [0.4, 0.5) is 8.78 Å². The zero-order valence-electron chi connectivity index (χ0n) is 21.7. The summed E-state index contributed by atoms with van der Waals surface area (Å²) in [5.74, 6) is -2.26. The first-order chi connectivity index (χ1) is 19.0. The number of nitrogens with one attached hydrogen (secondary N) is 1. The number of hydrogen-bond acceptors (Lipinski definition) is 7. The Bertz CT molecular complexity index is 1690. The number of amides is 1. The number of halogens is 2. The molecule has 3 aromatic carbocycles. The summed E-state index contributed by atoms with van der Waals surface area (Å²) in [6.45, 7) is 1.95. The Labute approximate surface area is 230 Å². The third-order valence-electron chi connectivity index (χ3n) is 6.80. The van der Waals surface area contributed by atoms with Gasteiger partial charge < -0.3 is 15.6 Å². The second-order valence-corrected chi connectivity index (χ2v) is 11.5. The van der Waals surface area contributed by atoms with E-state index >= 15 is 0 Å². The Morgan fingerprint density at radius 1 is 1.05 bits per heavy atom. The molecular weight excluding hydrogens is 538 g/mol. The number of nitrogens with zero attached hydrogens (tertiary/aromatic N) is 3. The highest BCUT2D eigenvalue weighted by Crippen LogP contribution is 2.40. The smallest absolute Gasteiger partial charge is 0.251 e. The molecule has 1 N–H and O–H groups in total. The number of carbonyl (C=O) groups excluding carboxylic acids is 1. The SMILES string of the molecule is Cc1ccc(C(=O)NCc2ccccc2)cc1-c1nc(S(C)(=O)=O)nc2c1CCN([O-])C2c1c(F)cccc1F. The average molecular weight is 564 g/mol. The van der Waals surface area contributed by atoms with Crippen LogP contribution < -0.4 is 5.32 Å². The third kappa shape index (κ3) is 5.35. The van der Waals surface area contributed by atoms with E-state index in [4.69, 9.17) is 0 Å². The van der Waals surface area contributed by atoms with E-state index in [9.17, 15) is 27.2 Å². The predicted molar refractivity (Wildman–Crippen MR) is 145 cm³/mol. The molecule has 2 heterocycles. The van der Waals surface area contributed by atoms with Crippen molar-refractivity contribution in [1.82, 2.24) is 20.3 Å². The first kappa shape index (κ1) is 27.5. The summed E-state index contributed by atoms with van der Waals surface area (Å²) >= 11 is 0. The molecule has 1 atom stereocenters. The van der Waals surface area contributed by atoms with Gasteiger partial charge in [-0.15, -0.1) is 0 Å². The van der Waals surface area contributed by atoms with Crippen molar-refractivity contribution in [3.8, 4) is 11.3 Å². The van der Waals surface area contributed by atoms with Crippen LogP contribution >= 0.6 is 0 Å². The van der Waals surface area contributed by atoms with Crippen molar-refractivity contribution in [2.75, 3.05) is 12.8 Å². The largest absolute Gasteiger partial charge is 0.784 e. The number of hydrogen-bond donors (Lipinski definition) is 1. The van der Waals surface area contributed by atoms with Crippen molar-refractivity contribution >= 4 is 15.7 Å². The van der Waals surface area contributed by atoms with Crippen molar-refractivity contribution in [2.45, 2.75) is 31.1 Å². The van der Waals surface area contributed by atoms with Crippen LogP contribution in [0.3, 0.4) is 0 Å². The van der Waals surface area contributed by atoms with E-state index in [1.807, 2.05) is 30.3 Å². The Morgan fingerprint density at radius 3 is 2.42 bits per heavy atom. The molecule has 0 saturated carbocycles. The van der Waals surface area contributed by atoms with E-state index in [2.05, 4.69) is 15.3 Å². The molecule has 0 radical (unpaired) electrons. The summed E-state index contributed by atoms with van der Waals surface area (Å²) < 4.78 is 54.9. The van der Waals surface area contributed by atoms with Crippen molar-refractivity contribution in [1.29, 1.82) is 0 Å². The Balaban J connectivity index is 1.65. The van der Waals surface area contributed by atoms with Crippen LogP contribution in [0, 0.1) is 23.8 Å². The number of carbonyl (C=O) groups is 1. The molecule has 11 heteroatoms. The molecule has 1 unspecified atom stereocenters. The fourth-order valence-electron chi connectivity index (χ4n) is 4.78. The summed E-state index contributed by atoms with van der Waals surface area (Å²) in [5, 5.41) is 15.8. The van der Waals surface area contributed by atoms with E-state index in [-0.39, 0.29) is 30.3 Å². The minimum absolute atomic E-state index is 0.0889. The molecule has 1 aliphatic rings. The second kappa shape index (κ2) is 10.8. The van der Waals surface area contributed by atoms with Crippen LogP contribution in [0.15, 0.2) is 71.9 Å². The van der Waals surface area contributed by atoms with Gasteiger partial charge in [0.2, 0.25) is 15.0 Å². The molecule has 206 valence electrons. The normalized spacial score (nSPS) is 15.5. The van der Waals surface area contributed by atoms with Crippen molar-refractivity contribution < 1.29 is 22.0 Å². The van der Waals surface area contributed by atoms with Gasteiger partial charge in [-0.05, 0) is 55.3 Å². The molecule has 40 heavy (non-hydrogen) atoms. The Kier molecular flexibility index (Phi) is 7.45. The maximum Gasteiger partial charge on any atom is 0.251 e. The zero-order chi connectivity index (χ0) is 28.6. The minimum Gasteiger partial charge on any atom is -0.784 e. The monoisotopic (exact) mass is 563 g/mol. The summed E-state index contributed by atoms with van der Waals surface area (Å²) in [5.41, 5.74) is 2.32. The lowest BCUT2D eigenvalue weighted by atomic mass is 9.89. The minimum atomic E-state index is -4.00. The van der Waals surface area contributed by atoms with Gasteiger partial charge in [0.15, 0.2) is 0 Å². The van der Waals surface area contributed by atoms with E-state index in [0.29, 0.717) is 33.9 Å². The first-order valence-corrected chi connectivity index (χ1v) is 14.4. The number of fused-ring (bicyclic) bond motifs is 1. The summed E-state index contributed by atoms with van der Waals surface area (Å²) in [4.78, 5) is 21.5. The molecule has 4 aromatic rings. The molecule has 0 aliphatic carbocycles. The number of hydroxylamine groups is 2. The molecule has 1 aliphatic heterocycles. The molecule has 5 rings (SSSR count). The maximum atomic E-state index is 14.8. The van der Waals surface area contributed by atoms with E-state index in [0.717, 1.165) is 24.0 Å². The third-order valence-corrected chi connectivity index (χ3v) is 7.65. The highest BCUT2D eigenvalue weighted by molar-refractivity contribution is 7.90. The molecule has 1 amide bonds. The highest BCUT2D eigenvalue weighted by Gasteiger charge is 2.34. The van der Waals surface area contributed by atoms with Gasteiger partial charge in [0.25, 0.3) is 5.91 Å². The van der Waals surface area contributed by atoms with Gasteiger partial charge in [-0.3, -0.25) is 4.79 Å². The van der Waals surface area contributed by atoms with Crippen LogP contribution in [-0.4, -0.2) is 42.2 Å². The van der Waals surface area contributed by atoms with Crippen LogP contribution in [0.1, 0.15) is 44.3 Å². The quantitative estimate of drug-likeness (QED) is 0.343. The Hall–Kier alpha value is -4.06. The van der Waals surface area contributed by atoms with Gasteiger partial charge in [-0.2, -0.15) is 0 Å². The van der Waals surface area contributed by atoms with E-state index in [1.165, 1.54) is 6.07 Å². The second-order valence-electron chi connectivity index (χ2n) is 9.62. The topological polar surface area (TPSA) is 115 Å². The summed E-state index contributed by atoms with van der Waals surface area (Å²) in [7, 11) is -4.00. The number of sulfone groups is 1. The number of aryl methyl sites for hydroxylation is 1. The first-order valence-electron chi connectivity index (χ1n) is 12.5. The van der Waals surface area contributed by atoms with Gasteiger partial charge in [-0.25, -0.2) is 27.2 Å². The lowest BCUT2D eigenvalue weighted by Gasteiger charge is -2.42. The lowest BCUT2D eigenvalue weighted by molar-refractivity contribution is 0.0951. The van der Waals surface area contributed by atoms with Crippen molar-refractivity contribution in [3.63, 3.8) is 0 Å². The average Bonchev–Trinajstić information content (AvgIpc) is 2.92. The van der Waals surface area contributed by atoms with Gasteiger partial charge in [0.1, 0.15) is 11.6 Å². The van der Waals surface area contributed by atoms with Gasteiger partial charge in [-0.1, -0.05) is 42.5 Å². The molecule has 0 saturated heterocycles. The summed E-state index contributed by atoms with van der Waals surface area (Å²) in [6.07, 6.45) is 1.02. The molecule has 0 fully saturated rings. The molecular formula is C29H25F2N4O4S-. The fourth-order valence-corrected chi connectivity index (χ4v) is 5.30. The Morgan fingerprint density at radius 2 is 1.75 bits per heavy atom. The van der Waals surface area contributed by atoms with E-state index in [1.54, 1.807) is 25.1 Å². The zero-order valence-corrected chi connectivity index (χ0v) is 22.5. The summed E-state index contributed by atoms with van der Waals surface area (Å²) in [6, 6.07) is 16.0. The van der Waals surface area contributed by atoms with Crippen LogP contribution in [-0.2, 0) is 22.8 Å². The standard InChI is InChI=1S/C29H25F2N4O4S/c1-17-11-12-19(28(36)32-16-18-7-4-3-5-8-18)15-21(17)25-20-13-14-35(37)27(24-22(30)9-6-10-23(24)31)26(20)34-29(33-25)40(2,38)39/h3-12,15,27H,13-14,16H2,1-2H3,(H,32,36)/q-1. The number of benzene rings is 3. The van der Waals surface area contributed by atoms with Crippen molar-refractivity contribution in [3.05, 3.63) is 117 Å². The van der Waals surface area contributed by atoms with E-state index < -0.39 is 38.2 Å². The molecule has 1 aromatic heterocycles. The lowest BCUT2D eigenvalue weighted by Crippen LogP contribution is -2.35. The van der Waals surface area contributed by atoms with Crippen molar-refractivity contribution in [2.24, 2.45) is 0 Å². The van der Waals surface area contributed by atoms with Gasteiger partial charge >= 0.3 is 0 Å². The molecule has 0 spiro atoms. The van der Waals surface area contributed by atoms with Gasteiger partial charge in [0, 0.05) is 35.1 Å². The maximum absolute atomic E-state index is 14.8. The fraction of sp³-hybridized carbons (Fsp3) is 0.207. The number of aromatic nitrogens is 2. The molecule has 8 nitrogen and oxygen atoms in total. The van der Waals surface area contributed by atoms with Gasteiger partial charge in [0.05, 0.1) is 17.4 Å². The highest BCUT2D eigenvalue weighted by atomic mass is 32.2. The predicted octanol–water partition coefficient (Wildman–Crippen LogP) is 4.51. The molecule has 0 bridgehead atoms. The van der Waals surface area contributed by atoms with Crippen LogP contribution in [0.25, 0.3) is 11.3 Å². The van der Waals surface area contributed by atoms with Crippen LogP contribution in [0.2, 0.25) is 0 Å². The number of rotatable bonds is 6. The van der Waals surface area contributed by atoms with Crippen LogP contribution in [0.5, 0.6) is 0 Å².